The van der Waals surface area contributed by atoms with E-state index in [-0.39, 0.29) is 5.41 Å². The third kappa shape index (κ3) is 1.60. The Bertz CT molecular complexity index is 514. The van der Waals surface area contributed by atoms with Crippen LogP contribution in [0.25, 0.3) is 5.70 Å². The van der Waals surface area contributed by atoms with Gasteiger partial charge in [0.2, 0.25) is 0 Å². The maximum atomic E-state index is 9.49. The lowest BCUT2D eigenvalue weighted by molar-refractivity contribution is 0.182. The zero-order chi connectivity index (χ0) is 12.6. The van der Waals surface area contributed by atoms with Crippen LogP contribution in [0.1, 0.15) is 31.7 Å². The fourth-order valence-electron chi connectivity index (χ4n) is 3.18. The molecule has 0 amide bonds. The van der Waals surface area contributed by atoms with E-state index in [4.69, 9.17) is 0 Å². The Labute approximate surface area is 108 Å². The van der Waals surface area contributed by atoms with Crippen LogP contribution in [0.4, 0.5) is 0 Å². The second kappa shape index (κ2) is 4.13. The molecule has 0 bridgehead atoms. The third-order valence-electron chi connectivity index (χ3n) is 4.14. The molecule has 2 unspecified atom stereocenters. The summed E-state index contributed by atoms with van der Waals surface area (Å²) in [6.45, 7) is 3.11. The van der Waals surface area contributed by atoms with E-state index >= 15 is 0 Å². The SMILES string of the molecule is CC1(C#N)C=C(c2cccnc2)N2CCCCC21. The lowest BCUT2D eigenvalue weighted by atomic mass is 9.81. The van der Waals surface area contributed by atoms with Crippen molar-refractivity contribution in [1.29, 1.82) is 5.26 Å². The Morgan fingerprint density at radius 2 is 2.39 bits per heavy atom. The van der Waals surface area contributed by atoms with Gasteiger partial charge < -0.3 is 4.90 Å². The van der Waals surface area contributed by atoms with Gasteiger partial charge in [-0.15, -0.1) is 0 Å². The van der Waals surface area contributed by atoms with Crippen LogP contribution < -0.4 is 0 Å². The van der Waals surface area contributed by atoms with Crippen molar-refractivity contribution in [3.63, 3.8) is 0 Å². The van der Waals surface area contributed by atoms with Gasteiger partial charge in [-0.2, -0.15) is 5.26 Å². The maximum absolute atomic E-state index is 9.49. The highest BCUT2D eigenvalue weighted by Gasteiger charge is 2.44. The first-order valence-electron chi connectivity index (χ1n) is 6.56. The molecule has 0 aromatic carbocycles. The van der Waals surface area contributed by atoms with Crippen molar-refractivity contribution in [3.8, 4) is 6.07 Å². The number of aromatic nitrogens is 1. The number of nitrogens with zero attached hydrogens (tertiary/aromatic N) is 3. The summed E-state index contributed by atoms with van der Waals surface area (Å²) in [4.78, 5) is 6.60. The molecular weight excluding hydrogens is 222 g/mol. The predicted octanol–water partition coefficient (Wildman–Crippen LogP) is 2.82. The van der Waals surface area contributed by atoms with Gasteiger partial charge in [0.05, 0.1) is 17.5 Å². The quantitative estimate of drug-likeness (QED) is 0.756. The predicted molar refractivity (Wildman–Crippen MR) is 70.3 cm³/mol. The van der Waals surface area contributed by atoms with E-state index < -0.39 is 0 Å². The molecule has 1 aromatic heterocycles. The van der Waals surface area contributed by atoms with Crippen molar-refractivity contribution in [3.05, 3.63) is 36.2 Å². The fraction of sp³-hybridized carbons (Fsp3) is 0.467. The number of hydrogen-bond donors (Lipinski definition) is 0. The van der Waals surface area contributed by atoms with Crippen LogP contribution in [0.3, 0.4) is 0 Å². The van der Waals surface area contributed by atoms with Gasteiger partial charge in [0.25, 0.3) is 0 Å². The van der Waals surface area contributed by atoms with Crippen molar-refractivity contribution in [2.45, 2.75) is 32.2 Å². The summed E-state index contributed by atoms with van der Waals surface area (Å²) in [5.74, 6) is 0. The summed E-state index contributed by atoms with van der Waals surface area (Å²) in [5.41, 5.74) is 1.96. The van der Waals surface area contributed by atoms with Crippen LogP contribution in [0.15, 0.2) is 30.6 Å². The van der Waals surface area contributed by atoms with E-state index in [0.29, 0.717) is 6.04 Å². The lowest BCUT2D eigenvalue weighted by Gasteiger charge is -2.38. The third-order valence-corrected chi connectivity index (χ3v) is 4.14. The summed E-state index contributed by atoms with van der Waals surface area (Å²) < 4.78 is 0. The van der Waals surface area contributed by atoms with Gasteiger partial charge >= 0.3 is 0 Å². The number of piperidine rings is 1. The Morgan fingerprint density at radius 3 is 3.11 bits per heavy atom. The summed E-state index contributed by atoms with van der Waals surface area (Å²) >= 11 is 0. The summed E-state index contributed by atoms with van der Waals surface area (Å²) in [5, 5.41) is 9.49. The highest BCUT2D eigenvalue weighted by molar-refractivity contribution is 5.68. The Morgan fingerprint density at radius 1 is 1.50 bits per heavy atom. The van der Waals surface area contributed by atoms with Crippen molar-refractivity contribution in [1.82, 2.24) is 9.88 Å². The van der Waals surface area contributed by atoms with Crippen LogP contribution in [0.2, 0.25) is 0 Å². The van der Waals surface area contributed by atoms with E-state index in [1.807, 2.05) is 12.3 Å². The summed E-state index contributed by atoms with van der Waals surface area (Å²) in [6, 6.07) is 6.87. The minimum absolute atomic E-state index is 0.339. The van der Waals surface area contributed by atoms with E-state index in [1.54, 1.807) is 6.20 Å². The number of fused-ring (bicyclic) bond motifs is 1. The minimum Gasteiger partial charge on any atom is -0.366 e. The molecule has 2 aliphatic rings. The van der Waals surface area contributed by atoms with E-state index in [9.17, 15) is 5.26 Å². The lowest BCUT2D eigenvalue weighted by Crippen LogP contribution is -2.41. The number of nitriles is 1. The maximum Gasteiger partial charge on any atom is 0.0950 e. The monoisotopic (exact) mass is 239 g/mol. The molecule has 0 saturated carbocycles. The average Bonchev–Trinajstić information content (AvgIpc) is 2.75. The van der Waals surface area contributed by atoms with Gasteiger partial charge in [0, 0.05) is 30.2 Å². The van der Waals surface area contributed by atoms with E-state index in [2.05, 4.69) is 35.0 Å². The first-order valence-corrected chi connectivity index (χ1v) is 6.56. The normalized spacial score (nSPS) is 30.6. The molecule has 3 heteroatoms. The van der Waals surface area contributed by atoms with Crippen molar-refractivity contribution >= 4 is 5.70 Å². The molecule has 3 nitrogen and oxygen atoms in total. The van der Waals surface area contributed by atoms with Crippen LogP contribution in [-0.4, -0.2) is 22.5 Å². The molecule has 0 N–H and O–H groups in total. The van der Waals surface area contributed by atoms with Crippen molar-refractivity contribution in [2.24, 2.45) is 5.41 Å². The molecule has 2 atom stereocenters. The topological polar surface area (TPSA) is 39.9 Å². The van der Waals surface area contributed by atoms with E-state index in [1.165, 1.54) is 18.5 Å². The molecule has 0 spiro atoms. The zero-order valence-corrected chi connectivity index (χ0v) is 10.6. The second-order valence-electron chi connectivity index (χ2n) is 5.37. The standard InChI is InChI=1S/C15H17N3/c1-15(11-16)9-13(12-5-4-7-17-10-12)18-8-3-2-6-14(15)18/h4-5,7,9-10,14H,2-3,6,8H2,1H3. The smallest absolute Gasteiger partial charge is 0.0950 e. The van der Waals surface area contributed by atoms with Crippen LogP contribution in [0, 0.1) is 16.7 Å². The first-order chi connectivity index (χ1) is 8.74. The van der Waals surface area contributed by atoms with Crippen LogP contribution in [-0.2, 0) is 0 Å². The largest absolute Gasteiger partial charge is 0.366 e. The van der Waals surface area contributed by atoms with Gasteiger partial charge in [-0.1, -0.05) is 0 Å². The second-order valence-corrected chi connectivity index (χ2v) is 5.37. The Balaban J connectivity index is 2.04. The molecule has 3 rings (SSSR count). The van der Waals surface area contributed by atoms with Crippen molar-refractivity contribution < 1.29 is 0 Å². The molecule has 1 aromatic rings. The Kier molecular flexibility index (Phi) is 2.59. The molecule has 1 saturated heterocycles. The molecule has 1 fully saturated rings. The van der Waals surface area contributed by atoms with Gasteiger partial charge in [-0.3, -0.25) is 4.98 Å². The summed E-state index contributed by atoms with van der Waals surface area (Å²) in [7, 11) is 0. The molecule has 18 heavy (non-hydrogen) atoms. The van der Waals surface area contributed by atoms with E-state index in [0.717, 1.165) is 18.5 Å². The number of pyridine rings is 1. The average molecular weight is 239 g/mol. The summed E-state index contributed by atoms with van der Waals surface area (Å²) in [6.07, 6.45) is 9.38. The first kappa shape index (κ1) is 11.3. The molecule has 0 aliphatic carbocycles. The fourth-order valence-corrected chi connectivity index (χ4v) is 3.18. The van der Waals surface area contributed by atoms with Crippen LogP contribution in [0.5, 0.6) is 0 Å². The highest BCUT2D eigenvalue weighted by Crippen LogP contribution is 2.45. The number of hydrogen-bond acceptors (Lipinski definition) is 3. The molecule has 3 heterocycles. The molecule has 2 aliphatic heterocycles. The van der Waals surface area contributed by atoms with Gasteiger partial charge in [0.15, 0.2) is 0 Å². The van der Waals surface area contributed by atoms with Gasteiger partial charge in [-0.05, 0) is 44.4 Å². The van der Waals surface area contributed by atoms with Gasteiger partial charge in [-0.25, -0.2) is 0 Å². The molecule has 92 valence electrons. The number of rotatable bonds is 1. The van der Waals surface area contributed by atoms with Crippen LogP contribution >= 0.6 is 0 Å². The van der Waals surface area contributed by atoms with Gasteiger partial charge in [0.1, 0.15) is 0 Å². The zero-order valence-electron chi connectivity index (χ0n) is 10.6. The highest BCUT2D eigenvalue weighted by atomic mass is 15.2. The molecular formula is C15H17N3. The molecule has 0 radical (unpaired) electrons. The minimum atomic E-state index is -0.356. The van der Waals surface area contributed by atoms with Crippen molar-refractivity contribution in [2.75, 3.05) is 6.54 Å². The Hall–Kier alpha value is -1.82.